The summed E-state index contributed by atoms with van der Waals surface area (Å²) in [5.41, 5.74) is 0. The van der Waals surface area contributed by atoms with Gasteiger partial charge in [0.2, 0.25) is 5.91 Å². The SMILES string of the molecule is CCCCN(CCO)CC(=O)Nc1ccnn1C(C)C. The quantitative estimate of drug-likeness (QED) is 0.720. The van der Waals surface area contributed by atoms with Gasteiger partial charge in [-0.1, -0.05) is 13.3 Å². The molecule has 0 aliphatic carbocycles. The number of nitrogens with zero attached hydrogens (tertiary/aromatic N) is 3. The highest BCUT2D eigenvalue weighted by atomic mass is 16.3. The van der Waals surface area contributed by atoms with Crippen LogP contribution in [0, 0.1) is 0 Å². The Bertz CT molecular complexity index is 404. The molecule has 1 heterocycles. The first-order valence-electron chi connectivity index (χ1n) is 7.25. The standard InChI is InChI=1S/C14H26N4O2/c1-4-5-8-17(9-10-19)11-14(20)16-13-6-7-15-18(13)12(2)3/h6-7,12,19H,4-5,8-11H2,1-3H3,(H,16,20). The zero-order valence-electron chi connectivity index (χ0n) is 12.7. The summed E-state index contributed by atoms with van der Waals surface area (Å²) in [6, 6.07) is 1.99. The lowest BCUT2D eigenvalue weighted by atomic mass is 10.3. The van der Waals surface area contributed by atoms with E-state index in [-0.39, 0.29) is 18.6 Å². The van der Waals surface area contributed by atoms with Crippen molar-refractivity contribution in [3.63, 3.8) is 0 Å². The Morgan fingerprint density at radius 3 is 2.85 bits per heavy atom. The van der Waals surface area contributed by atoms with Gasteiger partial charge in [-0.05, 0) is 26.8 Å². The van der Waals surface area contributed by atoms with Crippen LogP contribution in [0.2, 0.25) is 0 Å². The molecule has 0 bridgehead atoms. The van der Waals surface area contributed by atoms with E-state index in [1.165, 1.54) is 0 Å². The van der Waals surface area contributed by atoms with E-state index in [4.69, 9.17) is 5.11 Å². The lowest BCUT2D eigenvalue weighted by Crippen LogP contribution is -2.36. The van der Waals surface area contributed by atoms with Crippen LogP contribution in [0.4, 0.5) is 5.82 Å². The van der Waals surface area contributed by atoms with Crippen molar-refractivity contribution in [3.05, 3.63) is 12.3 Å². The predicted molar refractivity (Wildman–Crippen MR) is 79.7 cm³/mol. The first-order valence-corrected chi connectivity index (χ1v) is 7.25. The van der Waals surface area contributed by atoms with E-state index < -0.39 is 0 Å². The maximum absolute atomic E-state index is 12.1. The Balaban J connectivity index is 2.54. The van der Waals surface area contributed by atoms with Crippen molar-refractivity contribution < 1.29 is 9.90 Å². The van der Waals surface area contributed by atoms with Crippen molar-refractivity contribution in [2.75, 3.05) is 31.6 Å². The first kappa shape index (κ1) is 16.7. The molecule has 0 saturated carbocycles. The van der Waals surface area contributed by atoms with Crippen LogP contribution in [0.1, 0.15) is 39.7 Å². The molecule has 6 heteroatoms. The maximum Gasteiger partial charge on any atom is 0.239 e. The van der Waals surface area contributed by atoms with Crippen molar-refractivity contribution >= 4 is 11.7 Å². The molecule has 0 atom stereocenters. The number of aliphatic hydroxyl groups excluding tert-OH is 1. The molecule has 0 aromatic carbocycles. The largest absolute Gasteiger partial charge is 0.395 e. The molecule has 6 nitrogen and oxygen atoms in total. The summed E-state index contributed by atoms with van der Waals surface area (Å²) in [5, 5.41) is 16.1. The van der Waals surface area contributed by atoms with E-state index >= 15 is 0 Å². The monoisotopic (exact) mass is 282 g/mol. The van der Waals surface area contributed by atoms with Gasteiger partial charge >= 0.3 is 0 Å². The number of amides is 1. The highest BCUT2D eigenvalue weighted by molar-refractivity contribution is 5.91. The minimum atomic E-state index is -0.0723. The minimum absolute atomic E-state index is 0.0704. The van der Waals surface area contributed by atoms with Gasteiger partial charge < -0.3 is 10.4 Å². The van der Waals surface area contributed by atoms with Crippen LogP contribution in [0.5, 0.6) is 0 Å². The molecule has 1 aromatic heterocycles. The molecular formula is C14H26N4O2. The van der Waals surface area contributed by atoms with Gasteiger partial charge in [-0.3, -0.25) is 9.69 Å². The number of carbonyl (C=O) groups excluding carboxylic acids is 1. The van der Waals surface area contributed by atoms with Gasteiger partial charge in [0.1, 0.15) is 5.82 Å². The lowest BCUT2D eigenvalue weighted by molar-refractivity contribution is -0.117. The number of hydrogen-bond donors (Lipinski definition) is 2. The van der Waals surface area contributed by atoms with Crippen LogP contribution in [-0.4, -0.2) is 51.9 Å². The maximum atomic E-state index is 12.1. The smallest absolute Gasteiger partial charge is 0.239 e. The minimum Gasteiger partial charge on any atom is -0.395 e. The fourth-order valence-electron chi connectivity index (χ4n) is 2.00. The summed E-state index contributed by atoms with van der Waals surface area (Å²) >= 11 is 0. The van der Waals surface area contributed by atoms with E-state index in [2.05, 4.69) is 17.3 Å². The van der Waals surface area contributed by atoms with Crippen molar-refractivity contribution in [3.8, 4) is 0 Å². The number of aromatic nitrogens is 2. The molecular weight excluding hydrogens is 256 g/mol. The number of anilines is 1. The molecule has 1 aromatic rings. The highest BCUT2D eigenvalue weighted by Crippen LogP contribution is 2.12. The third kappa shape index (κ3) is 5.30. The van der Waals surface area contributed by atoms with Gasteiger partial charge in [0, 0.05) is 18.7 Å². The van der Waals surface area contributed by atoms with Gasteiger partial charge in [-0.2, -0.15) is 5.10 Å². The summed E-state index contributed by atoms with van der Waals surface area (Å²) in [6.07, 6.45) is 3.78. The summed E-state index contributed by atoms with van der Waals surface area (Å²) in [7, 11) is 0. The average Bonchev–Trinajstić information content (AvgIpc) is 2.84. The second-order valence-corrected chi connectivity index (χ2v) is 5.16. The molecule has 114 valence electrons. The van der Waals surface area contributed by atoms with Gasteiger partial charge in [0.15, 0.2) is 0 Å². The van der Waals surface area contributed by atoms with Crippen molar-refractivity contribution in [1.29, 1.82) is 0 Å². The van der Waals surface area contributed by atoms with E-state index in [0.717, 1.165) is 19.4 Å². The third-order valence-electron chi connectivity index (χ3n) is 3.04. The molecule has 0 fully saturated rings. The summed E-state index contributed by atoms with van der Waals surface area (Å²) in [5.74, 6) is 0.640. The Labute approximate surface area is 120 Å². The number of rotatable bonds is 9. The Kier molecular flexibility index (Phi) is 7.25. The summed E-state index contributed by atoms with van der Waals surface area (Å²) in [4.78, 5) is 14.0. The van der Waals surface area contributed by atoms with Crippen molar-refractivity contribution in [2.24, 2.45) is 0 Å². The fraction of sp³-hybridized carbons (Fsp3) is 0.714. The van der Waals surface area contributed by atoms with E-state index in [1.54, 1.807) is 16.9 Å². The van der Waals surface area contributed by atoms with Crippen molar-refractivity contribution in [2.45, 2.75) is 39.7 Å². The number of nitrogens with one attached hydrogen (secondary N) is 1. The summed E-state index contributed by atoms with van der Waals surface area (Å²) < 4.78 is 1.78. The van der Waals surface area contributed by atoms with Crippen molar-refractivity contribution in [1.82, 2.24) is 14.7 Å². The molecule has 0 saturated heterocycles. The first-order chi connectivity index (χ1) is 9.58. The topological polar surface area (TPSA) is 70.4 Å². The zero-order valence-corrected chi connectivity index (χ0v) is 12.7. The molecule has 20 heavy (non-hydrogen) atoms. The van der Waals surface area contributed by atoms with Gasteiger partial charge in [-0.25, -0.2) is 4.68 Å². The lowest BCUT2D eigenvalue weighted by Gasteiger charge is -2.20. The van der Waals surface area contributed by atoms with E-state index in [1.807, 2.05) is 18.7 Å². The Morgan fingerprint density at radius 1 is 1.50 bits per heavy atom. The number of hydrogen-bond acceptors (Lipinski definition) is 4. The molecule has 0 spiro atoms. The van der Waals surface area contributed by atoms with Crippen LogP contribution in [0.15, 0.2) is 12.3 Å². The molecule has 1 amide bonds. The number of aliphatic hydroxyl groups is 1. The fourth-order valence-corrected chi connectivity index (χ4v) is 2.00. The Hall–Kier alpha value is -1.40. The van der Waals surface area contributed by atoms with Crippen LogP contribution in [0.25, 0.3) is 0 Å². The van der Waals surface area contributed by atoms with Gasteiger partial charge in [0.25, 0.3) is 0 Å². The van der Waals surface area contributed by atoms with Crippen LogP contribution >= 0.6 is 0 Å². The van der Waals surface area contributed by atoms with E-state index in [9.17, 15) is 4.79 Å². The second kappa shape index (κ2) is 8.71. The molecule has 0 radical (unpaired) electrons. The second-order valence-electron chi connectivity index (χ2n) is 5.16. The number of unbranched alkanes of at least 4 members (excludes halogenated alkanes) is 1. The third-order valence-corrected chi connectivity index (χ3v) is 3.04. The van der Waals surface area contributed by atoms with Gasteiger partial charge in [0.05, 0.1) is 19.3 Å². The van der Waals surface area contributed by atoms with Crippen LogP contribution in [0.3, 0.4) is 0 Å². The normalized spacial score (nSPS) is 11.3. The molecule has 1 rings (SSSR count). The number of carbonyl (C=O) groups is 1. The van der Waals surface area contributed by atoms with Crippen LogP contribution in [-0.2, 0) is 4.79 Å². The van der Waals surface area contributed by atoms with Crippen LogP contribution < -0.4 is 5.32 Å². The highest BCUT2D eigenvalue weighted by Gasteiger charge is 2.13. The summed E-state index contributed by atoms with van der Waals surface area (Å²) in [6.45, 7) is 7.86. The van der Waals surface area contributed by atoms with E-state index in [0.29, 0.717) is 18.9 Å². The zero-order chi connectivity index (χ0) is 15.0. The average molecular weight is 282 g/mol. The molecule has 2 N–H and O–H groups in total. The predicted octanol–water partition coefficient (Wildman–Crippen LogP) is 1.50. The molecule has 0 aliphatic heterocycles. The molecule has 0 aliphatic rings. The Morgan fingerprint density at radius 2 is 2.25 bits per heavy atom. The van der Waals surface area contributed by atoms with Gasteiger partial charge in [-0.15, -0.1) is 0 Å². The molecule has 0 unspecified atom stereocenters.